The van der Waals surface area contributed by atoms with Crippen LogP contribution in [0.15, 0.2) is 24.3 Å². The average molecular weight is 138 g/mol. The van der Waals surface area contributed by atoms with E-state index in [0.717, 1.165) is 13.2 Å². The normalized spacial score (nSPS) is 37.6. The van der Waals surface area contributed by atoms with Gasteiger partial charge in [-0.25, -0.2) is 0 Å². The van der Waals surface area contributed by atoms with Gasteiger partial charge in [0, 0.05) is 0 Å². The van der Waals surface area contributed by atoms with Crippen molar-refractivity contribution in [1.82, 2.24) is 0 Å². The minimum Gasteiger partial charge on any atom is -0.367 e. The molecule has 0 aromatic carbocycles. The van der Waals surface area contributed by atoms with Crippen LogP contribution in [0.2, 0.25) is 0 Å². The number of hydrogen-bond donors (Lipinski definition) is 0. The third kappa shape index (κ3) is 1.00. The second kappa shape index (κ2) is 2.56. The maximum atomic E-state index is 5.35. The molecule has 0 aliphatic carbocycles. The van der Waals surface area contributed by atoms with Crippen LogP contribution in [0.5, 0.6) is 0 Å². The van der Waals surface area contributed by atoms with Crippen molar-refractivity contribution in [3.8, 4) is 0 Å². The van der Waals surface area contributed by atoms with Gasteiger partial charge in [-0.3, -0.25) is 0 Å². The van der Waals surface area contributed by atoms with E-state index >= 15 is 0 Å². The summed E-state index contributed by atoms with van der Waals surface area (Å²) in [5, 5.41) is 0. The first-order chi connectivity index (χ1) is 4.97. The van der Waals surface area contributed by atoms with E-state index in [9.17, 15) is 0 Å². The highest BCUT2D eigenvalue weighted by atomic mass is 16.5. The molecule has 0 unspecified atom stereocenters. The zero-order valence-electron chi connectivity index (χ0n) is 5.69. The molecule has 0 bridgehead atoms. The molecule has 2 nitrogen and oxygen atoms in total. The summed E-state index contributed by atoms with van der Waals surface area (Å²) in [4.78, 5) is 0. The Balaban J connectivity index is 1.98. The SMILES string of the molecule is C1=C[C@@H]([C@H]2C=CCO2)OC1. The largest absolute Gasteiger partial charge is 0.367 e. The van der Waals surface area contributed by atoms with Crippen LogP contribution in [-0.4, -0.2) is 25.4 Å². The van der Waals surface area contributed by atoms with E-state index < -0.39 is 0 Å². The molecule has 10 heavy (non-hydrogen) atoms. The third-order valence-electron chi connectivity index (χ3n) is 1.75. The lowest BCUT2D eigenvalue weighted by Gasteiger charge is -2.13. The molecule has 0 aromatic rings. The molecule has 2 heterocycles. The molecule has 0 radical (unpaired) electrons. The lowest BCUT2D eigenvalue weighted by Crippen LogP contribution is -2.23. The Bertz CT molecular complexity index is 152. The number of rotatable bonds is 1. The second-order valence-electron chi connectivity index (χ2n) is 2.45. The van der Waals surface area contributed by atoms with Crippen molar-refractivity contribution >= 4 is 0 Å². The molecule has 54 valence electrons. The van der Waals surface area contributed by atoms with Gasteiger partial charge in [0.25, 0.3) is 0 Å². The molecule has 2 heteroatoms. The predicted octanol–water partition coefficient (Wildman–Crippen LogP) is 0.896. The monoisotopic (exact) mass is 138 g/mol. The van der Waals surface area contributed by atoms with Gasteiger partial charge in [0.15, 0.2) is 0 Å². The molecular weight excluding hydrogens is 128 g/mol. The summed E-state index contributed by atoms with van der Waals surface area (Å²) in [5.74, 6) is 0. The molecule has 2 rings (SSSR count). The van der Waals surface area contributed by atoms with Crippen LogP contribution in [-0.2, 0) is 9.47 Å². The lowest BCUT2D eigenvalue weighted by molar-refractivity contribution is 0.00890. The van der Waals surface area contributed by atoms with E-state index in [0.29, 0.717) is 0 Å². The Labute approximate surface area is 60.1 Å². The molecule has 2 atom stereocenters. The minimum atomic E-state index is 0.166. The zero-order valence-corrected chi connectivity index (χ0v) is 5.69. The van der Waals surface area contributed by atoms with Gasteiger partial charge in [-0.15, -0.1) is 0 Å². The first-order valence-electron chi connectivity index (χ1n) is 3.53. The molecule has 0 saturated carbocycles. The summed E-state index contributed by atoms with van der Waals surface area (Å²) in [7, 11) is 0. The Morgan fingerprint density at radius 3 is 1.70 bits per heavy atom. The molecule has 0 N–H and O–H groups in total. The van der Waals surface area contributed by atoms with Gasteiger partial charge in [0.1, 0.15) is 12.2 Å². The summed E-state index contributed by atoms with van der Waals surface area (Å²) in [5.41, 5.74) is 0. The third-order valence-corrected chi connectivity index (χ3v) is 1.75. The van der Waals surface area contributed by atoms with Crippen molar-refractivity contribution in [3.63, 3.8) is 0 Å². The van der Waals surface area contributed by atoms with Crippen molar-refractivity contribution in [1.29, 1.82) is 0 Å². The van der Waals surface area contributed by atoms with Crippen molar-refractivity contribution in [2.75, 3.05) is 13.2 Å². The quantitative estimate of drug-likeness (QED) is 0.501. The number of hydrogen-bond acceptors (Lipinski definition) is 2. The van der Waals surface area contributed by atoms with Crippen LogP contribution in [0.1, 0.15) is 0 Å². The van der Waals surface area contributed by atoms with Gasteiger partial charge in [-0.1, -0.05) is 24.3 Å². The van der Waals surface area contributed by atoms with Crippen LogP contribution in [0.3, 0.4) is 0 Å². The van der Waals surface area contributed by atoms with E-state index in [1.165, 1.54) is 0 Å². The zero-order chi connectivity index (χ0) is 6.81. The Kier molecular flexibility index (Phi) is 1.57. The fourth-order valence-electron chi connectivity index (χ4n) is 1.23. The van der Waals surface area contributed by atoms with Crippen LogP contribution >= 0.6 is 0 Å². The smallest absolute Gasteiger partial charge is 0.106 e. The highest BCUT2D eigenvalue weighted by Crippen LogP contribution is 2.15. The molecule has 0 saturated heterocycles. The van der Waals surface area contributed by atoms with Crippen molar-refractivity contribution < 1.29 is 9.47 Å². The van der Waals surface area contributed by atoms with E-state index in [1.807, 2.05) is 12.2 Å². The average Bonchev–Trinajstić information content (AvgIpc) is 2.59. The van der Waals surface area contributed by atoms with E-state index in [2.05, 4.69) is 12.2 Å². The van der Waals surface area contributed by atoms with Crippen molar-refractivity contribution in [2.45, 2.75) is 12.2 Å². The van der Waals surface area contributed by atoms with Crippen LogP contribution in [0.25, 0.3) is 0 Å². The highest BCUT2D eigenvalue weighted by Gasteiger charge is 2.22. The van der Waals surface area contributed by atoms with Gasteiger partial charge in [0.05, 0.1) is 13.2 Å². The fraction of sp³-hybridized carbons (Fsp3) is 0.500. The van der Waals surface area contributed by atoms with Crippen LogP contribution < -0.4 is 0 Å². The molecule has 0 aromatic heterocycles. The van der Waals surface area contributed by atoms with Crippen molar-refractivity contribution in [3.05, 3.63) is 24.3 Å². The summed E-state index contributed by atoms with van der Waals surface area (Å²) >= 11 is 0. The first kappa shape index (κ1) is 6.13. The Hall–Kier alpha value is -0.600. The van der Waals surface area contributed by atoms with Crippen LogP contribution in [0, 0.1) is 0 Å². The topological polar surface area (TPSA) is 18.5 Å². The molecular formula is C8H10O2. The van der Waals surface area contributed by atoms with Gasteiger partial charge in [-0.2, -0.15) is 0 Å². The molecule has 2 aliphatic rings. The molecule has 0 fully saturated rings. The van der Waals surface area contributed by atoms with Gasteiger partial charge >= 0.3 is 0 Å². The van der Waals surface area contributed by atoms with Crippen molar-refractivity contribution in [2.24, 2.45) is 0 Å². The summed E-state index contributed by atoms with van der Waals surface area (Å²) in [6, 6.07) is 0. The first-order valence-corrected chi connectivity index (χ1v) is 3.53. The van der Waals surface area contributed by atoms with Gasteiger partial charge < -0.3 is 9.47 Å². The Morgan fingerprint density at radius 2 is 1.40 bits per heavy atom. The second-order valence-corrected chi connectivity index (χ2v) is 2.45. The van der Waals surface area contributed by atoms with Gasteiger partial charge in [-0.05, 0) is 0 Å². The standard InChI is InChI=1S/C8H10O2/c1-3-7(9-5-1)8-4-2-6-10-8/h1-4,7-8H,5-6H2/t7-,8+. The van der Waals surface area contributed by atoms with Gasteiger partial charge in [0.2, 0.25) is 0 Å². The minimum absolute atomic E-state index is 0.166. The number of ether oxygens (including phenoxy) is 2. The summed E-state index contributed by atoms with van der Waals surface area (Å²) < 4.78 is 10.7. The van der Waals surface area contributed by atoms with E-state index in [4.69, 9.17) is 9.47 Å². The summed E-state index contributed by atoms with van der Waals surface area (Å²) in [6.45, 7) is 1.47. The highest BCUT2D eigenvalue weighted by molar-refractivity contribution is 5.08. The van der Waals surface area contributed by atoms with Crippen LogP contribution in [0.4, 0.5) is 0 Å². The fourth-order valence-corrected chi connectivity index (χ4v) is 1.23. The lowest BCUT2D eigenvalue weighted by atomic mass is 10.2. The maximum absolute atomic E-state index is 5.35. The molecule has 2 aliphatic heterocycles. The summed E-state index contributed by atoms with van der Waals surface area (Å²) in [6.07, 6.45) is 8.50. The van der Waals surface area contributed by atoms with E-state index in [1.54, 1.807) is 0 Å². The molecule has 0 spiro atoms. The molecule has 0 amide bonds. The Morgan fingerprint density at radius 1 is 0.900 bits per heavy atom. The predicted molar refractivity (Wildman–Crippen MR) is 37.8 cm³/mol. The maximum Gasteiger partial charge on any atom is 0.106 e. The van der Waals surface area contributed by atoms with E-state index in [-0.39, 0.29) is 12.2 Å².